The predicted molar refractivity (Wildman–Crippen MR) is 70.8 cm³/mol. The highest BCUT2D eigenvalue weighted by Crippen LogP contribution is 2.37. The topological polar surface area (TPSA) is 51.3 Å². The van der Waals surface area contributed by atoms with Crippen LogP contribution in [0.1, 0.15) is 17.4 Å². The van der Waals surface area contributed by atoms with Crippen molar-refractivity contribution in [2.75, 3.05) is 13.7 Å². The molecular weight excluding hydrogens is 277 g/mol. The lowest BCUT2D eigenvalue weighted by Gasteiger charge is -2.03. The fourth-order valence-electron chi connectivity index (χ4n) is 1.77. The molecule has 1 aromatic carbocycles. The summed E-state index contributed by atoms with van der Waals surface area (Å²) >= 11 is 12.0. The van der Waals surface area contributed by atoms with E-state index in [9.17, 15) is 4.79 Å². The highest BCUT2D eigenvalue weighted by atomic mass is 35.5. The second kappa shape index (κ2) is 5.08. The molecule has 0 aliphatic rings. The lowest BCUT2D eigenvalue weighted by atomic mass is 10.2. The Hall–Kier alpha value is -1.39. The summed E-state index contributed by atoms with van der Waals surface area (Å²) < 4.78 is 10.2. The van der Waals surface area contributed by atoms with Gasteiger partial charge in [0.15, 0.2) is 11.4 Å². The average Bonchev–Trinajstić information content (AvgIpc) is 2.67. The molecule has 0 radical (unpaired) electrons. The van der Waals surface area contributed by atoms with E-state index in [-0.39, 0.29) is 12.3 Å². The quantitative estimate of drug-likeness (QED) is 0.877. The maximum Gasteiger partial charge on any atom is 0.358 e. The number of halogens is 2. The Morgan fingerprint density at radius 2 is 2.11 bits per heavy atom. The molecule has 0 aliphatic carbocycles. The molecule has 2 aromatic rings. The fourth-order valence-corrected chi connectivity index (χ4v) is 2.35. The van der Waals surface area contributed by atoms with Gasteiger partial charge in [0.05, 0.1) is 29.6 Å². The number of esters is 1. The van der Waals surface area contributed by atoms with Gasteiger partial charge in [0.1, 0.15) is 0 Å². The number of nitrogens with one attached hydrogen (secondary N) is 1. The van der Waals surface area contributed by atoms with Gasteiger partial charge in [-0.3, -0.25) is 0 Å². The molecule has 0 saturated heterocycles. The molecule has 0 amide bonds. The standard InChI is InChI=1S/C12H11Cl2NO3/c1-3-18-12(16)10-11(17-2)9-7(14)4-6(13)5-8(9)15-10/h4-5,15H,3H2,1-2H3. The highest BCUT2D eigenvalue weighted by molar-refractivity contribution is 6.39. The second-order valence-electron chi connectivity index (χ2n) is 3.56. The average molecular weight is 288 g/mol. The van der Waals surface area contributed by atoms with Crippen molar-refractivity contribution < 1.29 is 14.3 Å². The van der Waals surface area contributed by atoms with E-state index in [1.807, 2.05) is 0 Å². The van der Waals surface area contributed by atoms with E-state index in [1.165, 1.54) is 7.11 Å². The van der Waals surface area contributed by atoms with Crippen LogP contribution < -0.4 is 4.74 Å². The Morgan fingerprint density at radius 3 is 2.72 bits per heavy atom. The first-order valence-corrected chi connectivity index (χ1v) is 6.05. The molecule has 0 aliphatic heterocycles. The molecule has 1 heterocycles. The normalized spacial score (nSPS) is 10.7. The third-order valence-electron chi connectivity index (χ3n) is 2.45. The van der Waals surface area contributed by atoms with Crippen LogP contribution in [0.5, 0.6) is 5.75 Å². The van der Waals surface area contributed by atoms with Gasteiger partial charge in [0.25, 0.3) is 0 Å². The van der Waals surface area contributed by atoms with E-state index in [2.05, 4.69) is 4.98 Å². The summed E-state index contributed by atoms with van der Waals surface area (Å²) in [5.41, 5.74) is 0.867. The summed E-state index contributed by atoms with van der Waals surface area (Å²) in [6, 6.07) is 3.27. The van der Waals surface area contributed by atoms with Gasteiger partial charge in [-0.15, -0.1) is 0 Å². The van der Waals surface area contributed by atoms with Crippen LogP contribution in [-0.4, -0.2) is 24.7 Å². The van der Waals surface area contributed by atoms with Crippen molar-refractivity contribution in [2.45, 2.75) is 6.92 Å². The number of benzene rings is 1. The van der Waals surface area contributed by atoms with E-state index in [0.29, 0.717) is 26.7 Å². The number of methoxy groups -OCH3 is 1. The van der Waals surface area contributed by atoms with Crippen molar-refractivity contribution in [1.82, 2.24) is 4.98 Å². The van der Waals surface area contributed by atoms with Crippen molar-refractivity contribution in [1.29, 1.82) is 0 Å². The van der Waals surface area contributed by atoms with Crippen molar-refractivity contribution in [3.05, 3.63) is 27.9 Å². The Labute approximate surface area is 114 Å². The third kappa shape index (κ3) is 2.13. The molecule has 0 bridgehead atoms. The number of carbonyl (C=O) groups is 1. The van der Waals surface area contributed by atoms with Crippen molar-refractivity contribution >= 4 is 40.1 Å². The Morgan fingerprint density at radius 1 is 1.39 bits per heavy atom. The number of fused-ring (bicyclic) bond motifs is 1. The Balaban J connectivity index is 2.68. The number of H-pyrrole nitrogens is 1. The zero-order chi connectivity index (χ0) is 13.3. The van der Waals surface area contributed by atoms with E-state index >= 15 is 0 Å². The molecule has 0 fully saturated rings. The zero-order valence-corrected chi connectivity index (χ0v) is 11.4. The minimum atomic E-state index is -0.488. The van der Waals surface area contributed by atoms with Crippen molar-refractivity contribution in [2.24, 2.45) is 0 Å². The molecule has 96 valence electrons. The number of ether oxygens (including phenoxy) is 2. The van der Waals surface area contributed by atoms with E-state index in [4.69, 9.17) is 32.7 Å². The molecule has 4 nitrogen and oxygen atoms in total. The SMILES string of the molecule is CCOC(=O)c1[nH]c2cc(Cl)cc(Cl)c2c1OC. The first-order valence-electron chi connectivity index (χ1n) is 5.30. The molecule has 1 N–H and O–H groups in total. The Bertz CT molecular complexity index is 607. The molecule has 1 aromatic heterocycles. The van der Waals surface area contributed by atoms with Gasteiger partial charge in [-0.2, -0.15) is 0 Å². The van der Waals surface area contributed by atoms with Gasteiger partial charge in [0, 0.05) is 5.02 Å². The van der Waals surface area contributed by atoms with Gasteiger partial charge in [-0.05, 0) is 19.1 Å². The van der Waals surface area contributed by atoms with Crippen LogP contribution in [0.2, 0.25) is 10.0 Å². The molecule has 6 heteroatoms. The maximum absolute atomic E-state index is 11.8. The van der Waals surface area contributed by atoms with Crippen LogP contribution in [0.15, 0.2) is 12.1 Å². The lowest BCUT2D eigenvalue weighted by molar-refractivity contribution is 0.0517. The molecule has 0 spiro atoms. The number of hydrogen-bond donors (Lipinski definition) is 1. The van der Waals surface area contributed by atoms with E-state index in [1.54, 1.807) is 19.1 Å². The number of rotatable bonds is 3. The summed E-state index contributed by atoms with van der Waals surface area (Å²) in [6.07, 6.45) is 0. The second-order valence-corrected chi connectivity index (χ2v) is 4.41. The Kier molecular flexibility index (Phi) is 3.68. The summed E-state index contributed by atoms with van der Waals surface area (Å²) in [5, 5.41) is 1.51. The van der Waals surface area contributed by atoms with Crippen LogP contribution >= 0.6 is 23.2 Å². The van der Waals surface area contributed by atoms with Gasteiger partial charge >= 0.3 is 5.97 Å². The smallest absolute Gasteiger partial charge is 0.358 e. The maximum atomic E-state index is 11.8. The third-order valence-corrected chi connectivity index (χ3v) is 2.97. The summed E-state index contributed by atoms with van der Waals surface area (Å²) in [6.45, 7) is 2.02. The van der Waals surface area contributed by atoms with Crippen LogP contribution in [-0.2, 0) is 4.74 Å². The molecule has 0 unspecified atom stereocenters. The molecular formula is C12H11Cl2NO3. The van der Waals surface area contributed by atoms with Gasteiger partial charge in [0.2, 0.25) is 0 Å². The first kappa shape index (κ1) is 13.1. The van der Waals surface area contributed by atoms with Crippen LogP contribution in [0.25, 0.3) is 10.9 Å². The fraction of sp³-hybridized carbons (Fsp3) is 0.250. The minimum Gasteiger partial charge on any atom is -0.494 e. The summed E-state index contributed by atoms with van der Waals surface area (Å²) in [7, 11) is 1.47. The molecule has 18 heavy (non-hydrogen) atoms. The molecule has 0 saturated carbocycles. The number of hydrogen-bond acceptors (Lipinski definition) is 3. The largest absolute Gasteiger partial charge is 0.494 e. The van der Waals surface area contributed by atoms with Gasteiger partial charge < -0.3 is 14.5 Å². The predicted octanol–water partition coefficient (Wildman–Crippen LogP) is 3.66. The highest BCUT2D eigenvalue weighted by Gasteiger charge is 2.21. The zero-order valence-electron chi connectivity index (χ0n) is 9.84. The molecule has 0 atom stereocenters. The van der Waals surface area contributed by atoms with Crippen LogP contribution in [0, 0.1) is 0 Å². The van der Waals surface area contributed by atoms with Crippen molar-refractivity contribution in [3.8, 4) is 5.75 Å². The van der Waals surface area contributed by atoms with Gasteiger partial charge in [-0.1, -0.05) is 23.2 Å². The van der Waals surface area contributed by atoms with Crippen LogP contribution in [0.4, 0.5) is 0 Å². The summed E-state index contributed by atoms with van der Waals surface area (Å²) in [5.74, 6) is -0.122. The lowest BCUT2D eigenvalue weighted by Crippen LogP contribution is -2.06. The van der Waals surface area contributed by atoms with Crippen molar-refractivity contribution in [3.63, 3.8) is 0 Å². The first-order chi connectivity index (χ1) is 8.58. The van der Waals surface area contributed by atoms with Gasteiger partial charge in [-0.25, -0.2) is 4.79 Å². The molecule has 2 rings (SSSR count). The van der Waals surface area contributed by atoms with Crippen LogP contribution in [0.3, 0.4) is 0 Å². The number of aromatic nitrogens is 1. The number of aromatic amines is 1. The number of carbonyl (C=O) groups excluding carboxylic acids is 1. The minimum absolute atomic E-state index is 0.235. The summed E-state index contributed by atoms with van der Waals surface area (Å²) in [4.78, 5) is 14.7. The monoisotopic (exact) mass is 287 g/mol. The van der Waals surface area contributed by atoms with E-state index < -0.39 is 5.97 Å². The van der Waals surface area contributed by atoms with E-state index in [0.717, 1.165) is 0 Å².